The summed E-state index contributed by atoms with van der Waals surface area (Å²) in [7, 11) is -4.14. The number of rotatable bonds is 0. The van der Waals surface area contributed by atoms with E-state index in [2.05, 4.69) is 5.50 Å². The summed E-state index contributed by atoms with van der Waals surface area (Å²) in [5, 5.41) is 15.1. The van der Waals surface area contributed by atoms with E-state index in [1.54, 1.807) is 13.8 Å². The van der Waals surface area contributed by atoms with Gasteiger partial charge in [0.1, 0.15) is 0 Å². The molecule has 0 aliphatic carbocycles. The van der Waals surface area contributed by atoms with E-state index in [1.165, 1.54) is 0 Å². The van der Waals surface area contributed by atoms with Crippen molar-refractivity contribution < 1.29 is 24.6 Å². The number of hydrogen-bond donors (Lipinski definition) is 5. The monoisotopic (exact) mass is 189 g/mol. The van der Waals surface area contributed by atoms with Gasteiger partial charge in [0.15, 0.2) is 0 Å². The van der Waals surface area contributed by atoms with Gasteiger partial charge in [0.2, 0.25) is 0 Å². The summed E-state index contributed by atoms with van der Waals surface area (Å²) in [6.45, 7) is 3.86. The lowest BCUT2D eigenvalue weighted by Crippen LogP contribution is -1.87. The Morgan fingerprint density at radius 1 is 1.18 bits per heavy atom. The molecule has 72 valence electrons. The van der Waals surface area contributed by atoms with Crippen molar-refractivity contribution >= 4 is 7.75 Å². The Morgan fingerprint density at radius 3 is 1.18 bits per heavy atom. The van der Waals surface area contributed by atoms with Crippen molar-refractivity contribution in [1.82, 2.24) is 0 Å². The van der Waals surface area contributed by atoms with E-state index in [9.17, 15) is 0 Å². The summed E-state index contributed by atoms with van der Waals surface area (Å²) < 4.78 is 9.10. The van der Waals surface area contributed by atoms with Crippen LogP contribution >= 0.6 is 7.75 Å². The van der Waals surface area contributed by atoms with Gasteiger partial charge < -0.3 is 20.0 Å². The number of hydrogen-bond acceptors (Lipinski definition) is 3. The molecule has 0 aromatic heterocycles. The van der Waals surface area contributed by atoms with E-state index in [4.69, 9.17) is 24.6 Å². The van der Waals surface area contributed by atoms with Crippen LogP contribution in [0.1, 0.15) is 13.8 Å². The summed E-state index contributed by atoms with van der Waals surface area (Å²) in [6, 6.07) is 0. The van der Waals surface area contributed by atoms with Crippen LogP contribution in [-0.4, -0.2) is 33.2 Å². The van der Waals surface area contributed by atoms with Crippen molar-refractivity contribution in [2.45, 2.75) is 13.8 Å². The molecule has 0 rings (SSSR count). The molecule has 0 aromatic rings. The first-order valence-corrected chi connectivity index (χ1v) is 4.57. The predicted molar refractivity (Wildman–Crippen MR) is 41.8 cm³/mol. The zero-order chi connectivity index (χ0) is 9.91. The normalized spacial score (nSPS) is 8.64. The van der Waals surface area contributed by atoms with Crippen LogP contribution in [0.15, 0.2) is 0 Å². The molecule has 11 heavy (non-hydrogen) atoms. The van der Waals surface area contributed by atoms with Gasteiger partial charge in [0, 0.05) is 13.2 Å². The molecule has 0 heterocycles. The van der Waals surface area contributed by atoms with E-state index in [0.29, 0.717) is 0 Å². The molecule has 0 aliphatic heterocycles. The van der Waals surface area contributed by atoms with Gasteiger partial charge in [-0.2, -0.15) is 0 Å². The van der Waals surface area contributed by atoms with Crippen LogP contribution in [-0.2, 0) is 4.57 Å². The Morgan fingerprint density at radius 2 is 1.18 bits per heavy atom. The molecule has 0 bridgehead atoms. The molecule has 7 heteroatoms. The van der Waals surface area contributed by atoms with Crippen LogP contribution in [0.25, 0.3) is 0 Å². The van der Waals surface area contributed by atoms with Crippen molar-refractivity contribution in [2.75, 3.05) is 13.2 Å². The molecule has 6 N–H and O–H groups in total. The summed E-state index contributed by atoms with van der Waals surface area (Å²) >= 11 is 0. The van der Waals surface area contributed by atoms with Crippen LogP contribution in [0.4, 0.5) is 0 Å². The second-order valence-corrected chi connectivity index (χ2v) is 2.40. The minimum Gasteiger partial charge on any atom is -0.397 e. The molecule has 0 atom stereocenters. The highest BCUT2D eigenvalue weighted by Crippen LogP contribution is 2.20. The first-order chi connectivity index (χ1) is 4.83. The Kier molecular flexibility index (Phi) is 19.8. The van der Waals surface area contributed by atoms with E-state index in [0.717, 1.165) is 0 Å². The maximum atomic E-state index is 9.10. The minimum absolute atomic E-state index is 0.250. The lowest BCUT2D eigenvalue weighted by atomic mass is 10.9. The lowest BCUT2D eigenvalue weighted by molar-refractivity contribution is 0.318. The third-order valence-electron chi connectivity index (χ3n) is 0. The molecule has 0 aromatic carbocycles. The van der Waals surface area contributed by atoms with Gasteiger partial charge in [-0.05, 0) is 13.8 Å². The van der Waals surface area contributed by atoms with Crippen molar-refractivity contribution in [3.8, 4) is 0 Å². The van der Waals surface area contributed by atoms with E-state index >= 15 is 0 Å². The van der Waals surface area contributed by atoms with Crippen molar-refractivity contribution in [1.29, 1.82) is 0 Å². The smallest absolute Gasteiger partial charge is 0.397 e. The predicted octanol–water partition coefficient (Wildman–Crippen LogP) is -0.965. The Bertz CT molecular complexity index is 82.2. The average molecular weight is 189 g/mol. The van der Waals surface area contributed by atoms with Crippen molar-refractivity contribution in [2.24, 2.45) is 5.50 Å². The van der Waals surface area contributed by atoms with Crippen LogP contribution in [0, 0.1) is 0 Å². The quantitative estimate of drug-likeness (QED) is 0.312. The maximum Gasteiger partial charge on any atom is 0.397 e. The van der Waals surface area contributed by atoms with E-state index < -0.39 is 7.75 Å². The Labute approximate surface area is 65.9 Å². The molecule has 0 unspecified atom stereocenters. The van der Waals surface area contributed by atoms with E-state index in [-0.39, 0.29) is 13.2 Å². The van der Waals surface area contributed by atoms with Gasteiger partial charge in [-0.1, -0.05) is 0 Å². The van der Waals surface area contributed by atoms with Gasteiger partial charge in [0.25, 0.3) is 0 Å². The largest absolute Gasteiger partial charge is 0.397 e. The fourth-order valence-corrected chi connectivity index (χ4v) is 0. The number of nitrogens with two attached hydrogens (primary N) is 1. The second-order valence-electron chi connectivity index (χ2n) is 1.22. The molecule has 0 saturated heterocycles. The first-order valence-electron chi connectivity index (χ1n) is 2.89. The van der Waals surface area contributed by atoms with Crippen LogP contribution in [0.5, 0.6) is 0 Å². The van der Waals surface area contributed by atoms with Gasteiger partial charge in [0.05, 0.1) is 0 Å². The molecule has 0 spiro atoms. The van der Waals surface area contributed by atoms with Crippen molar-refractivity contribution in [3.63, 3.8) is 0 Å². The molecule has 0 aliphatic rings. The third-order valence-corrected chi connectivity index (χ3v) is 0. The molecule has 6 nitrogen and oxygen atoms in total. The molecule has 0 fully saturated rings. The summed E-state index contributed by atoms with van der Waals surface area (Å²) in [5.41, 5.74) is 4.02. The standard InChI is InChI=1S/2C2H6O.H4NO3P/c2*1-2-3;1-5(2,3)4/h2*3H,2H2,1H3;(H4,1,2,3,4). The minimum atomic E-state index is -4.14. The summed E-state index contributed by atoms with van der Waals surface area (Å²) in [5.74, 6) is 0. The zero-order valence-electron chi connectivity index (χ0n) is 6.64. The maximum absolute atomic E-state index is 9.10. The highest BCUT2D eigenvalue weighted by atomic mass is 31.2. The van der Waals surface area contributed by atoms with Gasteiger partial charge in [-0.15, -0.1) is 0 Å². The fourth-order valence-electron chi connectivity index (χ4n) is 0. The molecule has 0 radical (unpaired) electrons. The second kappa shape index (κ2) is 12.7. The third kappa shape index (κ3) is 719000. The number of aliphatic hydroxyl groups is 2. The zero-order valence-corrected chi connectivity index (χ0v) is 7.53. The summed E-state index contributed by atoms with van der Waals surface area (Å²) in [6.07, 6.45) is 0. The van der Waals surface area contributed by atoms with Gasteiger partial charge in [-0.3, -0.25) is 0 Å². The molecule has 0 saturated carbocycles. The van der Waals surface area contributed by atoms with Crippen LogP contribution in [0.3, 0.4) is 0 Å². The fraction of sp³-hybridized carbons (Fsp3) is 1.00. The highest BCUT2D eigenvalue weighted by molar-refractivity contribution is 7.49. The van der Waals surface area contributed by atoms with Crippen LogP contribution in [0.2, 0.25) is 0 Å². The van der Waals surface area contributed by atoms with Crippen LogP contribution < -0.4 is 5.50 Å². The Balaban J connectivity index is -0.0000000933. The van der Waals surface area contributed by atoms with E-state index in [1.807, 2.05) is 0 Å². The molecular weight excluding hydrogens is 173 g/mol. The highest BCUT2D eigenvalue weighted by Gasteiger charge is 1.96. The first kappa shape index (κ1) is 17.2. The molecule has 0 amide bonds. The van der Waals surface area contributed by atoms with Gasteiger partial charge in [-0.25, -0.2) is 10.1 Å². The van der Waals surface area contributed by atoms with Gasteiger partial charge >= 0.3 is 7.75 Å². The topological polar surface area (TPSA) is 124 Å². The summed E-state index contributed by atoms with van der Waals surface area (Å²) in [4.78, 5) is 14.8. The average Bonchev–Trinajstić information content (AvgIpc) is 1.62. The number of aliphatic hydroxyl groups excluding tert-OH is 2. The lowest BCUT2D eigenvalue weighted by Gasteiger charge is -1.84. The Hall–Kier alpha value is 0.0300. The molecular formula is C4H16NO5P. The van der Waals surface area contributed by atoms with Crippen molar-refractivity contribution in [3.05, 3.63) is 0 Å². The SMILES string of the molecule is CCO.CCO.NP(=O)(O)O.